The first kappa shape index (κ1) is 12.9. The van der Waals surface area contributed by atoms with Gasteiger partial charge in [0.2, 0.25) is 11.8 Å². The van der Waals surface area contributed by atoms with Crippen molar-refractivity contribution in [3.05, 3.63) is 22.3 Å². The zero-order valence-electron chi connectivity index (χ0n) is 9.37. The first-order chi connectivity index (χ1) is 7.54. The van der Waals surface area contributed by atoms with E-state index in [1.165, 1.54) is 6.20 Å². The van der Waals surface area contributed by atoms with Crippen LogP contribution in [0.2, 0.25) is 0 Å². The molecule has 0 aromatic carbocycles. The highest BCUT2D eigenvalue weighted by Crippen LogP contribution is 2.24. The number of halogens is 1. The van der Waals surface area contributed by atoms with Crippen LogP contribution in [-0.4, -0.2) is 24.0 Å². The average Bonchev–Trinajstić information content (AvgIpc) is 2.20. The molecule has 0 spiro atoms. The van der Waals surface area contributed by atoms with E-state index in [-0.39, 0.29) is 12.0 Å². The Hall–Kier alpha value is -1.14. The molecular formula is C10H14BrN3O2. The first-order valence-corrected chi connectivity index (χ1v) is 5.58. The summed E-state index contributed by atoms with van der Waals surface area (Å²) in [6.45, 7) is 3.85. The second kappa shape index (κ2) is 5.81. The van der Waals surface area contributed by atoms with Gasteiger partial charge in [-0.1, -0.05) is 0 Å². The maximum Gasteiger partial charge on any atom is 0.239 e. The van der Waals surface area contributed by atoms with Gasteiger partial charge in [-0.15, -0.1) is 0 Å². The van der Waals surface area contributed by atoms with Gasteiger partial charge in [0, 0.05) is 13.2 Å². The monoisotopic (exact) mass is 287 g/mol. The molecule has 0 aliphatic rings. The second-order valence-corrected chi connectivity index (χ2v) is 4.17. The molecule has 2 N–H and O–H groups in total. The molecule has 0 aliphatic heterocycles. The molecule has 1 aromatic rings. The number of nitrogens with zero attached hydrogens (tertiary/aromatic N) is 1. The number of pyridine rings is 1. The van der Waals surface area contributed by atoms with Crippen molar-refractivity contribution in [3.63, 3.8) is 0 Å². The first-order valence-electron chi connectivity index (χ1n) is 4.79. The van der Waals surface area contributed by atoms with E-state index in [1.807, 2.05) is 13.8 Å². The zero-order valence-corrected chi connectivity index (χ0v) is 11.0. The molecule has 6 heteroatoms. The van der Waals surface area contributed by atoms with Gasteiger partial charge in [-0.3, -0.25) is 5.41 Å². The van der Waals surface area contributed by atoms with Crippen molar-refractivity contribution in [3.8, 4) is 5.88 Å². The minimum Gasteiger partial charge on any atom is -0.474 e. The summed E-state index contributed by atoms with van der Waals surface area (Å²) < 4.78 is 6.15. The van der Waals surface area contributed by atoms with Crippen LogP contribution in [0.5, 0.6) is 5.88 Å². The van der Waals surface area contributed by atoms with E-state index in [1.54, 1.807) is 13.1 Å². The van der Waals surface area contributed by atoms with Crippen LogP contribution in [0.25, 0.3) is 0 Å². The summed E-state index contributed by atoms with van der Waals surface area (Å²) >= 11 is 3.33. The number of hydroxylamine groups is 1. The lowest BCUT2D eigenvalue weighted by Gasteiger charge is -2.11. The molecule has 1 rings (SSSR count). The maximum atomic E-state index is 7.55. The smallest absolute Gasteiger partial charge is 0.239 e. The van der Waals surface area contributed by atoms with Crippen LogP contribution in [0, 0.1) is 5.41 Å². The van der Waals surface area contributed by atoms with Crippen molar-refractivity contribution in [2.75, 3.05) is 7.05 Å². The lowest BCUT2D eigenvalue weighted by atomic mass is 10.3. The van der Waals surface area contributed by atoms with E-state index in [0.29, 0.717) is 15.9 Å². The Morgan fingerprint density at radius 3 is 2.75 bits per heavy atom. The minimum atomic E-state index is 0.00629. The number of hydrogen-bond acceptors (Lipinski definition) is 5. The molecule has 1 heterocycles. The Labute approximate surface area is 103 Å². The molecule has 0 aliphatic carbocycles. The second-order valence-electron chi connectivity index (χ2n) is 3.31. The van der Waals surface area contributed by atoms with Crippen LogP contribution in [0.3, 0.4) is 0 Å². The highest BCUT2D eigenvalue weighted by Gasteiger charge is 2.09. The summed E-state index contributed by atoms with van der Waals surface area (Å²) in [5.41, 5.74) is 3.00. The van der Waals surface area contributed by atoms with Crippen LogP contribution < -0.4 is 10.2 Å². The molecule has 88 valence electrons. The molecule has 0 saturated heterocycles. The Morgan fingerprint density at radius 2 is 2.25 bits per heavy atom. The van der Waals surface area contributed by atoms with Gasteiger partial charge in [0.05, 0.1) is 16.1 Å². The Kier molecular flexibility index (Phi) is 4.70. The van der Waals surface area contributed by atoms with Crippen molar-refractivity contribution < 1.29 is 9.57 Å². The third-order valence-electron chi connectivity index (χ3n) is 1.62. The number of aromatic nitrogens is 1. The Morgan fingerprint density at radius 1 is 1.56 bits per heavy atom. The number of rotatable bonds is 4. The summed E-state index contributed by atoms with van der Waals surface area (Å²) in [7, 11) is 1.59. The summed E-state index contributed by atoms with van der Waals surface area (Å²) in [6, 6.07) is 1.73. The molecule has 0 bridgehead atoms. The van der Waals surface area contributed by atoms with E-state index in [9.17, 15) is 0 Å². The van der Waals surface area contributed by atoms with Gasteiger partial charge in [-0.25, -0.2) is 4.98 Å². The van der Waals surface area contributed by atoms with Crippen LogP contribution in [0.4, 0.5) is 0 Å². The molecule has 0 unspecified atom stereocenters. The summed E-state index contributed by atoms with van der Waals surface area (Å²) in [5.74, 6) is 0.516. The van der Waals surface area contributed by atoms with Crippen molar-refractivity contribution >= 4 is 21.8 Å². The molecule has 5 nitrogen and oxygen atoms in total. The van der Waals surface area contributed by atoms with Gasteiger partial charge in [-0.05, 0) is 35.8 Å². The standard InChI is InChI=1S/C10H14BrN3O2/c1-6(2)15-10-8(11)4-7(5-14-10)9(12)16-13-3/h4-6,12-13H,1-3H3. The van der Waals surface area contributed by atoms with Gasteiger partial charge >= 0.3 is 0 Å². The zero-order chi connectivity index (χ0) is 12.1. The van der Waals surface area contributed by atoms with Crippen LogP contribution in [0.1, 0.15) is 19.4 Å². The fourth-order valence-corrected chi connectivity index (χ4v) is 1.46. The van der Waals surface area contributed by atoms with E-state index < -0.39 is 0 Å². The fraction of sp³-hybridized carbons (Fsp3) is 0.400. The molecular weight excluding hydrogens is 274 g/mol. The van der Waals surface area contributed by atoms with Crippen molar-refractivity contribution in [2.24, 2.45) is 0 Å². The molecule has 0 fully saturated rings. The third-order valence-corrected chi connectivity index (χ3v) is 2.19. The number of ether oxygens (including phenoxy) is 1. The summed E-state index contributed by atoms with van der Waals surface area (Å²) in [5, 5.41) is 7.55. The Bertz CT molecular complexity index is 382. The van der Waals surface area contributed by atoms with Gasteiger partial charge < -0.3 is 9.57 Å². The molecule has 0 saturated carbocycles. The molecule has 16 heavy (non-hydrogen) atoms. The number of nitrogens with one attached hydrogen (secondary N) is 2. The van der Waals surface area contributed by atoms with Gasteiger partial charge in [0.25, 0.3) is 0 Å². The topological polar surface area (TPSA) is 67.2 Å². The van der Waals surface area contributed by atoms with Crippen LogP contribution in [0.15, 0.2) is 16.7 Å². The third kappa shape index (κ3) is 3.46. The van der Waals surface area contributed by atoms with Gasteiger partial charge in [0.1, 0.15) is 0 Å². The summed E-state index contributed by atoms with van der Waals surface area (Å²) in [6.07, 6.45) is 1.59. The van der Waals surface area contributed by atoms with Gasteiger partial charge in [-0.2, -0.15) is 5.48 Å². The average molecular weight is 288 g/mol. The predicted molar refractivity (Wildman–Crippen MR) is 64.7 cm³/mol. The highest BCUT2D eigenvalue weighted by molar-refractivity contribution is 9.10. The van der Waals surface area contributed by atoms with Crippen LogP contribution in [-0.2, 0) is 4.84 Å². The normalized spacial score (nSPS) is 10.3. The van der Waals surface area contributed by atoms with E-state index >= 15 is 0 Å². The fourth-order valence-electron chi connectivity index (χ4n) is 1.02. The van der Waals surface area contributed by atoms with E-state index in [2.05, 4.69) is 26.4 Å². The van der Waals surface area contributed by atoms with E-state index in [0.717, 1.165) is 0 Å². The summed E-state index contributed by atoms with van der Waals surface area (Å²) in [4.78, 5) is 8.94. The Balaban J connectivity index is 2.86. The van der Waals surface area contributed by atoms with Crippen molar-refractivity contribution in [1.82, 2.24) is 10.5 Å². The maximum absolute atomic E-state index is 7.55. The lowest BCUT2D eigenvalue weighted by Crippen LogP contribution is -2.16. The quantitative estimate of drug-likeness (QED) is 0.506. The number of hydrogen-bond donors (Lipinski definition) is 2. The minimum absolute atomic E-state index is 0.00629. The van der Waals surface area contributed by atoms with Crippen LogP contribution >= 0.6 is 15.9 Å². The molecule has 0 atom stereocenters. The van der Waals surface area contributed by atoms with Gasteiger partial charge in [0.15, 0.2) is 0 Å². The highest BCUT2D eigenvalue weighted by atomic mass is 79.9. The largest absolute Gasteiger partial charge is 0.474 e. The molecule has 0 amide bonds. The van der Waals surface area contributed by atoms with Crippen molar-refractivity contribution in [2.45, 2.75) is 20.0 Å². The van der Waals surface area contributed by atoms with E-state index in [4.69, 9.17) is 15.0 Å². The lowest BCUT2D eigenvalue weighted by molar-refractivity contribution is 0.207. The SMILES string of the molecule is CNOC(=N)c1cnc(OC(C)C)c(Br)c1. The molecule has 0 radical (unpaired) electrons. The molecule has 1 aromatic heterocycles. The van der Waals surface area contributed by atoms with Crippen molar-refractivity contribution in [1.29, 1.82) is 5.41 Å². The predicted octanol–water partition coefficient (Wildman–Crippen LogP) is 2.11.